The Hall–Kier alpha value is -2.12. The number of carboxylic acid groups (broad SMARTS) is 1. The Kier molecular flexibility index (Phi) is 4.64. The lowest BCUT2D eigenvalue weighted by atomic mass is 10.1. The molecule has 1 atom stereocenters. The summed E-state index contributed by atoms with van der Waals surface area (Å²) in [6, 6.07) is -0.346. The van der Waals surface area contributed by atoms with Crippen LogP contribution in [0.15, 0.2) is 6.33 Å². The van der Waals surface area contributed by atoms with Gasteiger partial charge >= 0.3 is 11.8 Å². The maximum Gasteiger partial charge on any atom is 0.406 e. The molecule has 1 rings (SSSR count). The summed E-state index contributed by atoms with van der Waals surface area (Å²) in [5.74, 6) is -0.991. The van der Waals surface area contributed by atoms with E-state index < -0.39 is 10.9 Å². The Morgan fingerprint density at radius 1 is 1.72 bits per heavy atom. The molecule has 2 N–H and O–H groups in total. The van der Waals surface area contributed by atoms with Crippen molar-refractivity contribution in [3.05, 3.63) is 16.4 Å². The van der Waals surface area contributed by atoms with Crippen LogP contribution >= 0.6 is 0 Å². The number of rotatable bonds is 7. The molecule has 0 radical (unpaired) electrons. The molecule has 0 fully saturated rings. The van der Waals surface area contributed by atoms with Crippen LogP contribution in [0.25, 0.3) is 0 Å². The summed E-state index contributed by atoms with van der Waals surface area (Å²) in [6.07, 6.45) is 2.64. The third-order valence-corrected chi connectivity index (χ3v) is 2.49. The van der Waals surface area contributed by atoms with Gasteiger partial charge in [0.1, 0.15) is 0 Å². The summed E-state index contributed by atoms with van der Waals surface area (Å²) in [4.78, 5) is 24.6. The van der Waals surface area contributed by atoms with E-state index in [2.05, 4.69) is 10.3 Å². The molecule has 0 saturated carbocycles. The highest BCUT2D eigenvalue weighted by molar-refractivity contribution is 5.68. The second kappa shape index (κ2) is 5.99. The van der Waals surface area contributed by atoms with Crippen molar-refractivity contribution in [3.63, 3.8) is 0 Å². The monoisotopic (exact) mass is 256 g/mol. The highest BCUT2D eigenvalue weighted by Gasteiger charge is 2.23. The van der Waals surface area contributed by atoms with E-state index in [4.69, 9.17) is 5.11 Å². The van der Waals surface area contributed by atoms with Gasteiger partial charge in [0.25, 0.3) is 0 Å². The van der Waals surface area contributed by atoms with E-state index in [0.717, 1.165) is 6.42 Å². The normalized spacial score (nSPS) is 12.1. The van der Waals surface area contributed by atoms with Gasteiger partial charge in [-0.05, 0) is 16.3 Å². The molecule has 1 heterocycles. The minimum absolute atomic E-state index is 0.0871. The molecule has 0 aliphatic rings. The molecular weight excluding hydrogens is 240 g/mol. The second-order valence-electron chi connectivity index (χ2n) is 4.01. The minimum atomic E-state index is -0.939. The zero-order chi connectivity index (χ0) is 13.7. The highest BCUT2D eigenvalue weighted by atomic mass is 16.6. The van der Waals surface area contributed by atoms with Crippen molar-refractivity contribution < 1.29 is 14.8 Å². The Bertz CT molecular complexity index is 443. The zero-order valence-electron chi connectivity index (χ0n) is 10.3. The SMILES string of the molecule is CCCC(CC(=O)O)Nc1c([N+](=O)[O-])ncn1C. The maximum atomic E-state index is 10.8. The molecule has 0 bridgehead atoms. The Morgan fingerprint density at radius 2 is 2.39 bits per heavy atom. The van der Waals surface area contributed by atoms with E-state index in [1.165, 1.54) is 10.9 Å². The van der Waals surface area contributed by atoms with Gasteiger partial charge in [0.15, 0.2) is 0 Å². The molecule has 1 aromatic heterocycles. The van der Waals surface area contributed by atoms with Gasteiger partial charge in [0.2, 0.25) is 12.1 Å². The van der Waals surface area contributed by atoms with Crippen LogP contribution in [0.1, 0.15) is 26.2 Å². The first-order valence-corrected chi connectivity index (χ1v) is 5.59. The van der Waals surface area contributed by atoms with E-state index >= 15 is 0 Å². The predicted molar refractivity (Wildman–Crippen MR) is 64.4 cm³/mol. The van der Waals surface area contributed by atoms with Crippen LogP contribution < -0.4 is 5.32 Å². The quantitative estimate of drug-likeness (QED) is 0.563. The molecule has 0 aliphatic carbocycles. The highest BCUT2D eigenvalue weighted by Crippen LogP contribution is 2.23. The van der Waals surface area contributed by atoms with Crippen molar-refractivity contribution in [3.8, 4) is 0 Å². The summed E-state index contributed by atoms with van der Waals surface area (Å²) < 4.78 is 1.47. The van der Waals surface area contributed by atoms with Gasteiger partial charge in [-0.3, -0.25) is 9.36 Å². The second-order valence-corrected chi connectivity index (χ2v) is 4.01. The Labute approximate surface area is 104 Å². The summed E-state index contributed by atoms with van der Waals surface area (Å²) in [5.41, 5.74) is 0. The molecule has 0 aromatic carbocycles. The van der Waals surface area contributed by atoms with Crippen molar-refractivity contribution in [1.82, 2.24) is 9.55 Å². The Morgan fingerprint density at radius 3 is 2.89 bits per heavy atom. The van der Waals surface area contributed by atoms with Crippen molar-refractivity contribution in [2.75, 3.05) is 5.32 Å². The van der Waals surface area contributed by atoms with Crippen LogP contribution in [-0.4, -0.2) is 31.6 Å². The summed E-state index contributed by atoms with van der Waals surface area (Å²) in [6.45, 7) is 1.92. The molecule has 1 unspecified atom stereocenters. The van der Waals surface area contributed by atoms with Gasteiger partial charge in [-0.25, -0.2) is 0 Å². The van der Waals surface area contributed by atoms with Crippen LogP contribution in [-0.2, 0) is 11.8 Å². The molecule has 8 heteroatoms. The molecule has 18 heavy (non-hydrogen) atoms. The van der Waals surface area contributed by atoms with E-state index in [1.807, 2.05) is 6.92 Å². The third kappa shape index (κ3) is 3.44. The van der Waals surface area contributed by atoms with Crippen LogP contribution in [0, 0.1) is 10.1 Å². The molecule has 0 saturated heterocycles. The number of anilines is 1. The molecule has 100 valence electrons. The maximum absolute atomic E-state index is 10.8. The third-order valence-electron chi connectivity index (χ3n) is 2.49. The number of imidazole rings is 1. The largest absolute Gasteiger partial charge is 0.481 e. The fourth-order valence-corrected chi connectivity index (χ4v) is 1.70. The van der Waals surface area contributed by atoms with Gasteiger partial charge in [-0.1, -0.05) is 13.3 Å². The number of hydrogen-bond acceptors (Lipinski definition) is 5. The van der Waals surface area contributed by atoms with Crippen molar-refractivity contribution in [2.45, 2.75) is 32.2 Å². The molecular formula is C10H16N4O4. The van der Waals surface area contributed by atoms with Crippen LogP contribution in [0.5, 0.6) is 0 Å². The smallest absolute Gasteiger partial charge is 0.406 e. The number of nitro groups is 1. The minimum Gasteiger partial charge on any atom is -0.481 e. The first-order valence-electron chi connectivity index (χ1n) is 5.59. The Balaban J connectivity index is 2.88. The van der Waals surface area contributed by atoms with E-state index in [0.29, 0.717) is 6.42 Å². The van der Waals surface area contributed by atoms with Gasteiger partial charge < -0.3 is 20.5 Å². The topological polar surface area (TPSA) is 110 Å². The number of aromatic nitrogens is 2. The van der Waals surface area contributed by atoms with Gasteiger partial charge in [-0.2, -0.15) is 0 Å². The average molecular weight is 256 g/mol. The lowest BCUT2D eigenvalue weighted by Crippen LogP contribution is -2.24. The van der Waals surface area contributed by atoms with Gasteiger partial charge in [-0.15, -0.1) is 0 Å². The summed E-state index contributed by atoms with van der Waals surface area (Å²) in [7, 11) is 1.62. The molecule has 0 aliphatic heterocycles. The molecule has 0 amide bonds. The predicted octanol–water partition coefficient (Wildman–Crippen LogP) is 1.38. The molecule has 8 nitrogen and oxygen atoms in total. The number of carboxylic acids is 1. The standard InChI is InChI=1S/C10H16N4O4/c1-3-4-7(5-8(15)16)12-10-9(14(17)18)11-6-13(10)2/h6-7,12H,3-5H2,1-2H3,(H,15,16). The fraction of sp³-hybridized carbons (Fsp3) is 0.600. The van der Waals surface area contributed by atoms with E-state index in [9.17, 15) is 14.9 Å². The first-order chi connectivity index (χ1) is 8.45. The lowest BCUT2D eigenvalue weighted by Gasteiger charge is -2.16. The van der Waals surface area contributed by atoms with Crippen LogP contribution in [0.3, 0.4) is 0 Å². The van der Waals surface area contributed by atoms with Crippen LogP contribution in [0.4, 0.5) is 11.6 Å². The number of hydrogen-bond donors (Lipinski definition) is 2. The van der Waals surface area contributed by atoms with Crippen molar-refractivity contribution in [1.29, 1.82) is 0 Å². The zero-order valence-corrected chi connectivity index (χ0v) is 10.3. The molecule has 1 aromatic rings. The van der Waals surface area contributed by atoms with Gasteiger partial charge in [0, 0.05) is 13.1 Å². The molecule has 0 spiro atoms. The van der Waals surface area contributed by atoms with Crippen molar-refractivity contribution >= 4 is 17.6 Å². The number of nitrogens with one attached hydrogen (secondary N) is 1. The number of nitrogens with zero attached hydrogens (tertiary/aromatic N) is 3. The van der Waals surface area contributed by atoms with E-state index in [1.54, 1.807) is 7.05 Å². The average Bonchev–Trinajstić information content (AvgIpc) is 2.60. The fourth-order valence-electron chi connectivity index (χ4n) is 1.70. The first kappa shape index (κ1) is 13.9. The summed E-state index contributed by atoms with van der Waals surface area (Å²) in [5, 5.41) is 22.4. The number of aryl methyl sites for hydroxylation is 1. The van der Waals surface area contributed by atoms with Gasteiger partial charge in [0.05, 0.1) is 6.42 Å². The van der Waals surface area contributed by atoms with Crippen molar-refractivity contribution in [2.24, 2.45) is 7.05 Å². The number of carbonyl (C=O) groups is 1. The van der Waals surface area contributed by atoms with Crippen LogP contribution in [0.2, 0.25) is 0 Å². The van der Waals surface area contributed by atoms with E-state index in [-0.39, 0.29) is 24.1 Å². The number of aliphatic carboxylic acids is 1. The summed E-state index contributed by atoms with van der Waals surface area (Å²) >= 11 is 0. The lowest BCUT2D eigenvalue weighted by molar-refractivity contribution is -0.388.